The fourth-order valence-electron chi connectivity index (χ4n) is 2.70. The molecule has 0 bridgehead atoms. The van der Waals surface area contributed by atoms with Crippen LogP contribution in [0.2, 0.25) is 0 Å². The van der Waals surface area contributed by atoms with Gasteiger partial charge in [-0.2, -0.15) is 0 Å². The Balaban J connectivity index is 2.06. The zero-order valence-electron chi connectivity index (χ0n) is 12.6. The number of fused-ring (bicyclic) bond motifs is 1. The Labute approximate surface area is 134 Å². The van der Waals surface area contributed by atoms with Gasteiger partial charge < -0.3 is 4.98 Å². The summed E-state index contributed by atoms with van der Waals surface area (Å²) in [4.78, 5) is 19.1. The molecule has 2 aromatic carbocycles. The van der Waals surface area contributed by atoms with Crippen molar-refractivity contribution in [2.45, 2.75) is 26.7 Å². The van der Waals surface area contributed by atoms with Crippen LogP contribution in [0, 0.1) is 0 Å². The molecule has 0 aliphatic heterocycles. The highest BCUT2D eigenvalue weighted by molar-refractivity contribution is 6.67. The van der Waals surface area contributed by atoms with Crippen molar-refractivity contribution in [3.05, 3.63) is 53.1 Å². The van der Waals surface area contributed by atoms with Crippen molar-refractivity contribution >= 4 is 27.9 Å². The molecule has 0 unspecified atom stereocenters. The predicted octanol–water partition coefficient (Wildman–Crippen LogP) is 4.73. The van der Waals surface area contributed by atoms with E-state index in [0.717, 1.165) is 35.3 Å². The van der Waals surface area contributed by atoms with Crippen molar-refractivity contribution in [2.24, 2.45) is 0 Å². The first kappa shape index (κ1) is 14.8. The fourth-order valence-corrected chi connectivity index (χ4v) is 2.83. The van der Waals surface area contributed by atoms with Gasteiger partial charge in [0.1, 0.15) is 5.82 Å². The largest absolute Gasteiger partial charge is 0.338 e. The van der Waals surface area contributed by atoms with E-state index < -0.39 is 5.24 Å². The SMILES string of the molecule is CCc1cc2nc(-c3ccc(C(=O)Cl)cc3)[nH]c2cc1CC. The lowest BCUT2D eigenvalue weighted by molar-refractivity contribution is 0.108. The van der Waals surface area contributed by atoms with Crippen LogP contribution in [0.25, 0.3) is 22.4 Å². The quantitative estimate of drug-likeness (QED) is 0.708. The zero-order valence-corrected chi connectivity index (χ0v) is 13.4. The van der Waals surface area contributed by atoms with Crippen LogP contribution in [0.3, 0.4) is 0 Å². The summed E-state index contributed by atoms with van der Waals surface area (Å²) in [5.41, 5.74) is 6.14. The minimum Gasteiger partial charge on any atom is -0.338 e. The van der Waals surface area contributed by atoms with Crippen molar-refractivity contribution in [3.8, 4) is 11.4 Å². The Morgan fingerprint density at radius 3 is 2.32 bits per heavy atom. The smallest absolute Gasteiger partial charge is 0.252 e. The Hall–Kier alpha value is -2.13. The molecule has 3 nitrogen and oxygen atoms in total. The molecule has 1 aromatic heterocycles. The average Bonchev–Trinajstić information content (AvgIpc) is 2.96. The Bertz CT molecular complexity index is 793. The number of carbonyl (C=O) groups excluding carboxylic acids is 1. The third-order valence-electron chi connectivity index (χ3n) is 3.95. The number of halogens is 1. The van der Waals surface area contributed by atoms with E-state index in [-0.39, 0.29) is 0 Å². The number of benzene rings is 2. The fraction of sp³-hybridized carbons (Fsp3) is 0.222. The number of hydrogen-bond donors (Lipinski definition) is 1. The molecule has 0 aliphatic carbocycles. The van der Waals surface area contributed by atoms with Gasteiger partial charge in [0.2, 0.25) is 0 Å². The standard InChI is InChI=1S/C18H17ClN2O/c1-3-11-9-15-16(10-12(11)4-2)21-18(20-15)14-7-5-13(6-8-14)17(19)22/h5-10H,3-4H2,1-2H3,(H,20,21). The molecule has 22 heavy (non-hydrogen) atoms. The molecule has 1 N–H and O–H groups in total. The molecule has 0 radical (unpaired) electrons. The number of nitrogens with one attached hydrogen (secondary N) is 1. The number of aryl methyl sites for hydroxylation is 2. The first-order valence-electron chi connectivity index (χ1n) is 7.44. The molecule has 0 fully saturated rings. The van der Waals surface area contributed by atoms with Gasteiger partial charge >= 0.3 is 0 Å². The lowest BCUT2D eigenvalue weighted by Crippen LogP contribution is -1.90. The van der Waals surface area contributed by atoms with E-state index in [1.165, 1.54) is 11.1 Å². The summed E-state index contributed by atoms with van der Waals surface area (Å²) in [7, 11) is 0. The van der Waals surface area contributed by atoms with E-state index in [9.17, 15) is 4.79 Å². The molecule has 4 heteroatoms. The lowest BCUT2D eigenvalue weighted by Gasteiger charge is -2.04. The van der Waals surface area contributed by atoms with Crippen LogP contribution in [0.5, 0.6) is 0 Å². The minimum atomic E-state index is -0.448. The van der Waals surface area contributed by atoms with Crippen molar-refractivity contribution in [1.82, 2.24) is 9.97 Å². The topological polar surface area (TPSA) is 45.8 Å². The van der Waals surface area contributed by atoms with Gasteiger partial charge in [-0.05, 0) is 59.8 Å². The third-order valence-corrected chi connectivity index (χ3v) is 4.17. The maximum atomic E-state index is 11.1. The highest BCUT2D eigenvalue weighted by atomic mass is 35.5. The molecule has 112 valence electrons. The van der Waals surface area contributed by atoms with E-state index in [4.69, 9.17) is 11.6 Å². The van der Waals surface area contributed by atoms with E-state index >= 15 is 0 Å². The molecule has 0 aliphatic rings. The summed E-state index contributed by atoms with van der Waals surface area (Å²) in [6.45, 7) is 4.33. The second kappa shape index (κ2) is 5.93. The summed E-state index contributed by atoms with van der Waals surface area (Å²) in [5, 5.41) is -0.448. The summed E-state index contributed by atoms with van der Waals surface area (Å²) in [6.07, 6.45) is 2.02. The molecule has 0 amide bonds. The van der Waals surface area contributed by atoms with E-state index in [0.29, 0.717) is 5.56 Å². The van der Waals surface area contributed by atoms with Crippen LogP contribution in [0.4, 0.5) is 0 Å². The van der Waals surface area contributed by atoms with E-state index in [1.54, 1.807) is 12.1 Å². The maximum absolute atomic E-state index is 11.1. The van der Waals surface area contributed by atoms with Crippen LogP contribution < -0.4 is 0 Å². The summed E-state index contributed by atoms with van der Waals surface area (Å²) in [6, 6.07) is 11.5. The molecule has 0 spiro atoms. The van der Waals surface area contributed by atoms with Gasteiger partial charge in [0.25, 0.3) is 5.24 Å². The van der Waals surface area contributed by atoms with Gasteiger partial charge in [-0.15, -0.1) is 0 Å². The number of aromatic amines is 1. The molecule has 0 atom stereocenters. The number of H-pyrrole nitrogens is 1. The second-order valence-electron chi connectivity index (χ2n) is 5.28. The normalized spacial score (nSPS) is 11.0. The number of imidazole rings is 1. The lowest BCUT2D eigenvalue weighted by atomic mass is 10.0. The number of aromatic nitrogens is 2. The highest BCUT2D eigenvalue weighted by Crippen LogP contribution is 2.24. The molecule has 0 saturated heterocycles. The van der Waals surface area contributed by atoms with Gasteiger partial charge in [-0.3, -0.25) is 4.79 Å². The zero-order chi connectivity index (χ0) is 15.7. The Morgan fingerprint density at radius 1 is 1.09 bits per heavy atom. The number of nitrogens with zero attached hydrogens (tertiary/aromatic N) is 1. The number of carbonyl (C=O) groups is 1. The van der Waals surface area contributed by atoms with Gasteiger partial charge in [0.05, 0.1) is 11.0 Å². The van der Waals surface area contributed by atoms with Crippen molar-refractivity contribution in [3.63, 3.8) is 0 Å². The van der Waals surface area contributed by atoms with Crippen molar-refractivity contribution in [1.29, 1.82) is 0 Å². The second-order valence-corrected chi connectivity index (χ2v) is 5.62. The maximum Gasteiger partial charge on any atom is 0.252 e. The number of hydrogen-bond acceptors (Lipinski definition) is 2. The molecule has 0 saturated carbocycles. The van der Waals surface area contributed by atoms with E-state index in [1.807, 2.05) is 12.1 Å². The Morgan fingerprint density at radius 2 is 1.73 bits per heavy atom. The monoisotopic (exact) mass is 312 g/mol. The minimum absolute atomic E-state index is 0.448. The van der Waals surface area contributed by atoms with Crippen LogP contribution >= 0.6 is 11.6 Å². The average molecular weight is 313 g/mol. The van der Waals surface area contributed by atoms with Crippen LogP contribution in [-0.4, -0.2) is 15.2 Å². The molecule has 1 heterocycles. The third kappa shape index (κ3) is 2.64. The van der Waals surface area contributed by atoms with Crippen LogP contribution in [0.1, 0.15) is 35.3 Å². The van der Waals surface area contributed by atoms with Crippen LogP contribution in [-0.2, 0) is 12.8 Å². The summed E-state index contributed by atoms with van der Waals surface area (Å²) in [5.74, 6) is 0.805. The van der Waals surface area contributed by atoms with Crippen molar-refractivity contribution in [2.75, 3.05) is 0 Å². The van der Waals surface area contributed by atoms with Gasteiger partial charge in [-0.25, -0.2) is 4.98 Å². The van der Waals surface area contributed by atoms with E-state index in [2.05, 4.69) is 35.9 Å². The Kier molecular flexibility index (Phi) is 3.99. The van der Waals surface area contributed by atoms with Gasteiger partial charge in [0, 0.05) is 11.1 Å². The molecular weight excluding hydrogens is 296 g/mol. The summed E-state index contributed by atoms with van der Waals surface area (Å²) < 4.78 is 0. The van der Waals surface area contributed by atoms with Crippen molar-refractivity contribution < 1.29 is 4.79 Å². The van der Waals surface area contributed by atoms with Gasteiger partial charge in [0.15, 0.2) is 0 Å². The first-order chi connectivity index (χ1) is 10.6. The molecule has 3 aromatic rings. The summed E-state index contributed by atoms with van der Waals surface area (Å²) >= 11 is 5.47. The van der Waals surface area contributed by atoms with Crippen LogP contribution in [0.15, 0.2) is 36.4 Å². The highest BCUT2D eigenvalue weighted by Gasteiger charge is 2.09. The first-order valence-corrected chi connectivity index (χ1v) is 7.82. The molecule has 3 rings (SSSR count). The number of rotatable bonds is 4. The predicted molar refractivity (Wildman–Crippen MR) is 90.5 cm³/mol. The molecular formula is C18H17ClN2O. The van der Waals surface area contributed by atoms with Gasteiger partial charge in [-0.1, -0.05) is 26.0 Å².